The van der Waals surface area contributed by atoms with E-state index in [1.54, 1.807) is 36.4 Å². The first kappa shape index (κ1) is 32.1. The highest BCUT2D eigenvalue weighted by molar-refractivity contribution is 7.92. The lowest BCUT2D eigenvalue weighted by Crippen LogP contribution is -2.53. The van der Waals surface area contributed by atoms with Crippen molar-refractivity contribution in [2.75, 3.05) is 18.0 Å². The van der Waals surface area contributed by atoms with Crippen LogP contribution in [0.5, 0.6) is 5.75 Å². The first-order chi connectivity index (χ1) is 20.5. The van der Waals surface area contributed by atoms with Crippen molar-refractivity contribution in [3.8, 4) is 5.75 Å². The Balaban J connectivity index is 1.77. The number of sulfonamides is 1. The Bertz CT molecular complexity index is 1530. The van der Waals surface area contributed by atoms with Gasteiger partial charge in [-0.1, -0.05) is 67.8 Å². The van der Waals surface area contributed by atoms with Crippen molar-refractivity contribution in [2.45, 2.75) is 83.3 Å². The fourth-order valence-corrected chi connectivity index (χ4v) is 7.02. The summed E-state index contributed by atoms with van der Waals surface area (Å²) in [6.45, 7) is 7.24. The lowest BCUT2D eigenvalue weighted by Gasteiger charge is -2.34. The maximum absolute atomic E-state index is 14.4. The molecule has 4 rings (SSSR count). The first-order valence-electron chi connectivity index (χ1n) is 14.9. The Morgan fingerprint density at radius 3 is 2.23 bits per heavy atom. The normalized spacial score (nSPS) is 14.3. The molecule has 3 aromatic carbocycles. The van der Waals surface area contributed by atoms with Crippen molar-refractivity contribution in [2.24, 2.45) is 0 Å². The Labute approximate surface area is 256 Å². The monoisotopic (exact) mass is 605 g/mol. The van der Waals surface area contributed by atoms with Crippen LogP contribution >= 0.6 is 0 Å². The molecule has 0 bridgehead atoms. The summed E-state index contributed by atoms with van der Waals surface area (Å²) in [6, 6.07) is 18.8. The van der Waals surface area contributed by atoms with Crippen LogP contribution in [0.4, 0.5) is 5.69 Å². The van der Waals surface area contributed by atoms with Crippen LogP contribution in [-0.4, -0.2) is 50.9 Å². The molecule has 1 saturated carbocycles. The first-order valence-corrected chi connectivity index (χ1v) is 16.4. The summed E-state index contributed by atoms with van der Waals surface area (Å²) in [7, 11) is -2.73. The summed E-state index contributed by atoms with van der Waals surface area (Å²) in [5.41, 5.74) is 3.86. The summed E-state index contributed by atoms with van der Waals surface area (Å²) >= 11 is 0. The molecule has 0 saturated heterocycles. The molecule has 1 aliphatic carbocycles. The lowest BCUT2D eigenvalue weighted by atomic mass is 10.1. The van der Waals surface area contributed by atoms with E-state index in [1.807, 2.05) is 58.0 Å². The molecule has 0 spiro atoms. The van der Waals surface area contributed by atoms with E-state index in [2.05, 4.69) is 5.32 Å². The zero-order valence-electron chi connectivity index (χ0n) is 25.8. The van der Waals surface area contributed by atoms with Gasteiger partial charge >= 0.3 is 0 Å². The van der Waals surface area contributed by atoms with E-state index in [-0.39, 0.29) is 29.1 Å². The highest BCUT2D eigenvalue weighted by atomic mass is 32.2. The average molecular weight is 606 g/mol. The van der Waals surface area contributed by atoms with Gasteiger partial charge in [-0.2, -0.15) is 0 Å². The fraction of sp³-hybridized carbons (Fsp3) is 0.412. The second-order valence-corrected chi connectivity index (χ2v) is 13.2. The van der Waals surface area contributed by atoms with Crippen molar-refractivity contribution in [1.82, 2.24) is 10.2 Å². The third-order valence-electron chi connectivity index (χ3n) is 8.18. The van der Waals surface area contributed by atoms with Crippen LogP contribution in [0.25, 0.3) is 0 Å². The molecule has 1 atom stereocenters. The number of hydrogen-bond donors (Lipinski definition) is 1. The van der Waals surface area contributed by atoms with E-state index in [4.69, 9.17) is 4.74 Å². The molecule has 9 heteroatoms. The number of methoxy groups -OCH3 is 1. The van der Waals surface area contributed by atoms with E-state index in [0.29, 0.717) is 12.2 Å². The molecule has 1 unspecified atom stereocenters. The highest BCUT2D eigenvalue weighted by Crippen LogP contribution is 2.34. The fourth-order valence-electron chi connectivity index (χ4n) is 5.60. The number of anilines is 1. The quantitative estimate of drug-likeness (QED) is 0.287. The minimum Gasteiger partial charge on any atom is -0.495 e. The maximum atomic E-state index is 14.4. The van der Waals surface area contributed by atoms with Gasteiger partial charge in [-0.15, -0.1) is 0 Å². The van der Waals surface area contributed by atoms with Gasteiger partial charge in [0.1, 0.15) is 18.3 Å². The SMILES string of the molecule is CCC(C(=O)NC1CCCC1)N(Cc1ccccc1C)C(=O)CN(c1cc(C)ccc1OC)S(=O)(=O)c1ccc(C)cc1. The van der Waals surface area contributed by atoms with Crippen LogP contribution in [0.2, 0.25) is 0 Å². The summed E-state index contributed by atoms with van der Waals surface area (Å²) in [5.74, 6) is -0.362. The number of ether oxygens (including phenoxy) is 1. The van der Waals surface area contributed by atoms with Crippen LogP contribution < -0.4 is 14.4 Å². The van der Waals surface area contributed by atoms with Gasteiger partial charge in [0.15, 0.2) is 0 Å². The zero-order valence-corrected chi connectivity index (χ0v) is 26.6. The maximum Gasteiger partial charge on any atom is 0.264 e. The van der Waals surface area contributed by atoms with Crippen LogP contribution in [0.3, 0.4) is 0 Å². The highest BCUT2D eigenvalue weighted by Gasteiger charge is 2.35. The smallest absolute Gasteiger partial charge is 0.264 e. The number of hydrogen-bond acceptors (Lipinski definition) is 5. The summed E-state index contributed by atoms with van der Waals surface area (Å²) in [4.78, 5) is 29.6. The van der Waals surface area contributed by atoms with Crippen molar-refractivity contribution in [3.05, 3.63) is 89.0 Å². The molecule has 0 aliphatic heterocycles. The molecule has 1 N–H and O–H groups in total. The Hall–Kier alpha value is -3.85. The molecule has 1 fully saturated rings. The molecule has 3 aromatic rings. The topological polar surface area (TPSA) is 96.0 Å². The Morgan fingerprint density at radius 2 is 1.60 bits per heavy atom. The third-order valence-corrected chi connectivity index (χ3v) is 9.95. The van der Waals surface area contributed by atoms with Crippen LogP contribution in [0.1, 0.15) is 61.3 Å². The van der Waals surface area contributed by atoms with Crippen molar-refractivity contribution in [1.29, 1.82) is 0 Å². The number of amides is 2. The molecule has 1 aliphatic rings. The van der Waals surface area contributed by atoms with Gasteiger partial charge < -0.3 is 15.0 Å². The van der Waals surface area contributed by atoms with E-state index in [9.17, 15) is 18.0 Å². The van der Waals surface area contributed by atoms with Crippen molar-refractivity contribution >= 4 is 27.5 Å². The van der Waals surface area contributed by atoms with Crippen LogP contribution in [0, 0.1) is 20.8 Å². The number of nitrogens with zero attached hydrogens (tertiary/aromatic N) is 2. The number of benzene rings is 3. The minimum absolute atomic E-state index is 0.0610. The number of rotatable bonds is 12. The second kappa shape index (κ2) is 14.1. The van der Waals surface area contributed by atoms with Gasteiger partial charge in [0.25, 0.3) is 10.0 Å². The van der Waals surface area contributed by atoms with Gasteiger partial charge in [-0.25, -0.2) is 8.42 Å². The molecule has 2 amide bonds. The van der Waals surface area contributed by atoms with Crippen LogP contribution in [0.15, 0.2) is 71.6 Å². The standard InChI is InChI=1S/C34H43N3O5S/c1-6-30(34(39)35-28-13-9-10-14-28)36(22-27-12-8-7-11-26(27)4)33(38)23-37(31-21-25(3)17-20-32(31)42-5)43(40,41)29-18-15-24(2)16-19-29/h7-8,11-12,15-21,28,30H,6,9-10,13-14,22-23H2,1-5H3,(H,35,39). The molecule has 8 nitrogen and oxygen atoms in total. The van der Waals surface area contributed by atoms with E-state index < -0.39 is 28.5 Å². The minimum atomic E-state index is -4.20. The number of carbonyl (C=O) groups is 2. The molecular formula is C34H43N3O5S. The zero-order chi connectivity index (χ0) is 31.1. The Kier molecular flexibility index (Phi) is 10.5. The molecule has 0 heterocycles. The largest absolute Gasteiger partial charge is 0.495 e. The van der Waals surface area contributed by atoms with Crippen molar-refractivity contribution in [3.63, 3.8) is 0 Å². The lowest BCUT2D eigenvalue weighted by molar-refractivity contribution is -0.140. The average Bonchev–Trinajstić information content (AvgIpc) is 3.49. The van der Waals surface area contributed by atoms with Gasteiger partial charge in [-0.3, -0.25) is 13.9 Å². The predicted molar refractivity (Wildman–Crippen MR) is 170 cm³/mol. The predicted octanol–water partition coefficient (Wildman–Crippen LogP) is 5.68. The van der Waals surface area contributed by atoms with E-state index in [1.165, 1.54) is 12.0 Å². The number of aryl methyl sites for hydroxylation is 3. The molecule has 0 radical (unpaired) electrons. The molecule has 230 valence electrons. The molecular weight excluding hydrogens is 562 g/mol. The molecule has 0 aromatic heterocycles. The summed E-state index contributed by atoms with van der Waals surface area (Å²) in [5, 5.41) is 3.15. The second-order valence-electron chi connectivity index (χ2n) is 11.4. The summed E-state index contributed by atoms with van der Waals surface area (Å²) in [6.07, 6.45) is 4.36. The van der Waals surface area contributed by atoms with Gasteiger partial charge in [0, 0.05) is 12.6 Å². The van der Waals surface area contributed by atoms with Gasteiger partial charge in [-0.05, 0) is 81.0 Å². The van der Waals surface area contributed by atoms with Crippen LogP contribution in [-0.2, 0) is 26.2 Å². The van der Waals surface area contributed by atoms with E-state index >= 15 is 0 Å². The molecule has 43 heavy (non-hydrogen) atoms. The van der Waals surface area contributed by atoms with Gasteiger partial charge in [0.2, 0.25) is 11.8 Å². The Morgan fingerprint density at radius 1 is 0.953 bits per heavy atom. The number of carbonyl (C=O) groups excluding carboxylic acids is 2. The van der Waals surface area contributed by atoms with Crippen molar-refractivity contribution < 1.29 is 22.7 Å². The van der Waals surface area contributed by atoms with E-state index in [0.717, 1.165) is 52.2 Å². The summed E-state index contributed by atoms with van der Waals surface area (Å²) < 4.78 is 35.1. The third kappa shape index (κ3) is 7.57. The van der Waals surface area contributed by atoms with Gasteiger partial charge in [0.05, 0.1) is 17.7 Å². The number of nitrogens with one attached hydrogen (secondary N) is 1.